The predicted octanol–water partition coefficient (Wildman–Crippen LogP) is 2.18. The van der Waals surface area contributed by atoms with Crippen molar-refractivity contribution in [3.8, 4) is 0 Å². The van der Waals surface area contributed by atoms with Crippen molar-refractivity contribution in [2.24, 2.45) is 0 Å². The van der Waals surface area contributed by atoms with Gasteiger partial charge in [-0.15, -0.1) is 0 Å². The first-order valence-electron chi connectivity index (χ1n) is 4.55. The number of ketones is 1. The van der Waals surface area contributed by atoms with Crippen molar-refractivity contribution in [3.05, 3.63) is 34.3 Å². The van der Waals surface area contributed by atoms with Crippen LogP contribution in [0, 0.1) is 0 Å². The van der Waals surface area contributed by atoms with Crippen LogP contribution in [0.5, 0.6) is 0 Å². The third-order valence-electron chi connectivity index (χ3n) is 1.73. The van der Waals surface area contributed by atoms with Crippen molar-refractivity contribution >= 4 is 21.7 Å². The summed E-state index contributed by atoms with van der Waals surface area (Å²) in [4.78, 5) is 11.0. The molecule has 0 aliphatic rings. The number of methoxy groups -OCH3 is 1. The van der Waals surface area contributed by atoms with E-state index in [2.05, 4.69) is 20.7 Å². The Hall–Kier alpha value is -0.710. The summed E-state index contributed by atoms with van der Waals surface area (Å²) in [7, 11) is 1.49. The maximum atomic E-state index is 11.0. The van der Waals surface area contributed by atoms with Gasteiger partial charge in [0.05, 0.1) is 6.61 Å². The van der Waals surface area contributed by atoms with Gasteiger partial charge in [-0.25, -0.2) is 0 Å². The van der Waals surface area contributed by atoms with E-state index in [-0.39, 0.29) is 19.0 Å². The first kappa shape index (κ1) is 12.4. The van der Waals surface area contributed by atoms with E-state index in [4.69, 9.17) is 4.74 Å². The topological polar surface area (TPSA) is 35.5 Å². The molecule has 15 heavy (non-hydrogen) atoms. The van der Waals surface area contributed by atoms with Gasteiger partial charge in [-0.2, -0.15) is 0 Å². The van der Waals surface area contributed by atoms with E-state index in [1.165, 1.54) is 7.11 Å². The maximum absolute atomic E-state index is 11.0. The monoisotopic (exact) mass is 272 g/mol. The minimum absolute atomic E-state index is 0.0486. The highest BCUT2D eigenvalue weighted by Gasteiger charge is 2.01. The lowest BCUT2D eigenvalue weighted by atomic mass is 10.2. The van der Waals surface area contributed by atoms with E-state index in [1.54, 1.807) is 0 Å². The van der Waals surface area contributed by atoms with Gasteiger partial charge in [0.25, 0.3) is 0 Å². The summed E-state index contributed by atoms with van der Waals surface area (Å²) in [6.45, 7) is 0.647. The molecule has 1 rings (SSSR count). The van der Waals surface area contributed by atoms with Gasteiger partial charge in [0.1, 0.15) is 13.2 Å². The second kappa shape index (κ2) is 6.71. The van der Waals surface area contributed by atoms with Crippen molar-refractivity contribution < 1.29 is 14.3 Å². The molecule has 0 heterocycles. The Balaban J connectivity index is 2.28. The molecular weight excluding hydrogens is 260 g/mol. The summed E-state index contributed by atoms with van der Waals surface area (Å²) in [5.74, 6) is -0.0486. The van der Waals surface area contributed by atoms with Crippen molar-refractivity contribution in [1.82, 2.24) is 0 Å². The Labute approximate surface area is 97.5 Å². The average Bonchev–Trinajstić information content (AvgIpc) is 2.18. The van der Waals surface area contributed by atoms with Crippen LogP contribution in [0.2, 0.25) is 0 Å². The van der Waals surface area contributed by atoms with Crippen LogP contribution in [0.25, 0.3) is 0 Å². The van der Waals surface area contributed by atoms with Crippen molar-refractivity contribution in [3.63, 3.8) is 0 Å². The van der Waals surface area contributed by atoms with Gasteiger partial charge in [-0.1, -0.05) is 28.1 Å². The summed E-state index contributed by atoms with van der Waals surface area (Å²) < 4.78 is 10.9. The molecule has 0 unspecified atom stereocenters. The third-order valence-corrected chi connectivity index (χ3v) is 2.22. The van der Waals surface area contributed by atoms with Crippen LogP contribution in [0.3, 0.4) is 0 Å². The molecule has 0 saturated heterocycles. The molecule has 0 N–H and O–H groups in total. The van der Waals surface area contributed by atoms with Crippen LogP contribution < -0.4 is 0 Å². The molecule has 0 saturated carbocycles. The average molecular weight is 273 g/mol. The van der Waals surface area contributed by atoms with Crippen LogP contribution in [0.4, 0.5) is 0 Å². The first-order chi connectivity index (χ1) is 7.22. The van der Waals surface area contributed by atoms with E-state index >= 15 is 0 Å². The second-order valence-electron chi connectivity index (χ2n) is 3.09. The van der Waals surface area contributed by atoms with Crippen LogP contribution >= 0.6 is 15.9 Å². The molecule has 0 spiro atoms. The first-order valence-corrected chi connectivity index (χ1v) is 5.34. The largest absolute Gasteiger partial charge is 0.377 e. The molecule has 0 radical (unpaired) electrons. The number of carbonyl (C=O) groups excluding carboxylic acids is 1. The van der Waals surface area contributed by atoms with Gasteiger partial charge in [0, 0.05) is 11.6 Å². The van der Waals surface area contributed by atoms with E-state index in [1.807, 2.05) is 24.3 Å². The van der Waals surface area contributed by atoms with Crippen LogP contribution in [-0.4, -0.2) is 26.1 Å². The number of Topliss-reactive ketones (excluding diaryl/α,β-unsaturated/α-hetero) is 1. The molecular formula is C11H13BrO3. The lowest BCUT2D eigenvalue weighted by Gasteiger charge is -2.03. The minimum atomic E-state index is -0.0486. The third kappa shape index (κ3) is 5.06. The summed E-state index contributed by atoms with van der Waals surface area (Å²) in [5.41, 5.74) is 1.04. The van der Waals surface area contributed by atoms with Gasteiger partial charge in [0.15, 0.2) is 5.78 Å². The molecule has 1 aromatic carbocycles. The normalized spacial score (nSPS) is 10.3. The standard InChI is InChI=1S/C11H13BrO3/c1-14-7-11(13)8-15-6-9-3-2-4-10(12)5-9/h2-5H,6-8H2,1H3. The molecule has 0 aliphatic carbocycles. The van der Waals surface area contributed by atoms with Crippen LogP contribution in [-0.2, 0) is 20.9 Å². The van der Waals surface area contributed by atoms with Gasteiger partial charge < -0.3 is 9.47 Å². The predicted molar refractivity (Wildman–Crippen MR) is 60.7 cm³/mol. The van der Waals surface area contributed by atoms with Crippen molar-refractivity contribution in [1.29, 1.82) is 0 Å². The summed E-state index contributed by atoms with van der Waals surface area (Å²) in [6, 6.07) is 7.78. The molecule has 3 nitrogen and oxygen atoms in total. The van der Waals surface area contributed by atoms with E-state index in [0.29, 0.717) is 6.61 Å². The SMILES string of the molecule is COCC(=O)COCc1cccc(Br)c1. The molecule has 0 bridgehead atoms. The molecule has 0 atom stereocenters. The fraction of sp³-hybridized carbons (Fsp3) is 0.364. The molecule has 82 valence electrons. The number of carbonyl (C=O) groups is 1. The van der Waals surface area contributed by atoms with Gasteiger partial charge >= 0.3 is 0 Å². The Morgan fingerprint density at radius 3 is 2.87 bits per heavy atom. The number of ether oxygens (including phenoxy) is 2. The minimum Gasteiger partial charge on any atom is -0.377 e. The lowest BCUT2D eigenvalue weighted by Crippen LogP contribution is -2.14. The fourth-order valence-corrected chi connectivity index (χ4v) is 1.56. The van der Waals surface area contributed by atoms with E-state index in [0.717, 1.165) is 10.0 Å². The Bertz CT molecular complexity index is 325. The Morgan fingerprint density at radius 2 is 2.20 bits per heavy atom. The van der Waals surface area contributed by atoms with Gasteiger partial charge in [-0.05, 0) is 17.7 Å². The van der Waals surface area contributed by atoms with Crippen molar-refractivity contribution in [2.45, 2.75) is 6.61 Å². The molecule has 0 aliphatic heterocycles. The summed E-state index contributed by atoms with van der Waals surface area (Å²) in [5, 5.41) is 0. The number of hydrogen-bond acceptors (Lipinski definition) is 3. The van der Waals surface area contributed by atoms with E-state index < -0.39 is 0 Å². The highest BCUT2D eigenvalue weighted by Crippen LogP contribution is 2.12. The van der Waals surface area contributed by atoms with Gasteiger partial charge in [0.2, 0.25) is 0 Å². The second-order valence-corrected chi connectivity index (χ2v) is 4.01. The number of halogens is 1. The fourth-order valence-electron chi connectivity index (χ4n) is 1.11. The molecule has 0 aromatic heterocycles. The van der Waals surface area contributed by atoms with Crippen molar-refractivity contribution in [2.75, 3.05) is 20.3 Å². The molecule has 1 aromatic rings. The smallest absolute Gasteiger partial charge is 0.183 e. The zero-order chi connectivity index (χ0) is 11.1. The maximum Gasteiger partial charge on any atom is 0.183 e. The molecule has 4 heteroatoms. The number of rotatable bonds is 6. The highest BCUT2D eigenvalue weighted by atomic mass is 79.9. The summed E-state index contributed by atoms with van der Waals surface area (Å²) >= 11 is 3.37. The van der Waals surface area contributed by atoms with E-state index in [9.17, 15) is 4.79 Å². The van der Waals surface area contributed by atoms with Crippen LogP contribution in [0.15, 0.2) is 28.7 Å². The zero-order valence-corrected chi connectivity index (χ0v) is 10.1. The van der Waals surface area contributed by atoms with Crippen LogP contribution in [0.1, 0.15) is 5.56 Å². The number of hydrogen-bond donors (Lipinski definition) is 0. The Kier molecular flexibility index (Phi) is 5.53. The quantitative estimate of drug-likeness (QED) is 0.797. The number of benzene rings is 1. The summed E-state index contributed by atoms with van der Waals surface area (Å²) in [6.07, 6.45) is 0. The highest BCUT2D eigenvalue weighted by molar-refractivity contribution is 9.10. The zero-order valence-electron chi connectivity index (χ0n) is 8.53. The van der Waals surface area contributed by atoms with Gasteiger partial charge in [-0.3, -0.25) is 4.79 Å². The molecule has 0 fully saturated rings. The Morgan fingerprint density at radius 1 is 1.40 bits per heavy atom. The lowest BCUT2D eigenvalue weighted by molar-refractivity contribution is -0.127. The molecule has 0 amide bonds.